The van der Waals surface area contributed by atoms with Crippen LogP contribution in [0.4, 0.5) is 5.82 Å². The lowest BCUT2D eigenvalue weighted by molar-refractivity contribution is 0.107. The molecule has 1 rings (SSSR count). The van der Waals surface area contributed by atoms with Gasteiger partial charge >= 0.3 is 0 Å². The number of rotatable bonds is 1. The minimum absolute atomic E-state index is 0.0980. The van der Waals surface area contributed by atoms with E-state index in [1.807, 2.05) is 0 Å². The van der Waals surface area contributed by atoms with Crippen LogP contribution >= 0.6 is 11.6 Å². The Hall–Kier alpha value is -1.60. The van der Waals surface area contributed by atoms with Crippen LogP contribution in [-0.2, 0) is 0 Å². The molecule has 0 aliphatic carbocycles. The summed E-state index contributed by atoms with van der Waals surface area (Å²) < 4.78 is 0. The van der Waals surface area contributed by atoms with Gasteiger partial charge in [-0.15, -0.1) is 0 Å². The van der Waals surface area contributed by atoms with Gasteiger partial charge in [0.05, 0.1) is 5.56 Å². The van der Waals surface area contributed by atoms with Crippen LogP contribution in [0, 0.1) is 11.3 Å². The number of anilines is 1. The number of carbonyl (C=O) groups excluding carboxylic acids is 1. The summed E-state index contributed by atoms with van der Waals surface area (Å²) in [5.41, 5.74) is 5.32. The summed E-state index contributed by atoms with van der Waals surface area (Å²) in [6, 6.07) is 4.61. The number of nitriles is 1. The smallest absolute Gasteiger partial charge is 0.272 e. The molecule has 5 heteroatoms. The van der Waals surface area contributed by atoms with Crippen LogP contribution in [-0.4, -0.2) is 10.2 Å². The highest BCUT2D eigenvalue weighted by atomic mass is 35.5. The molecule has 0 fully saturated rings. The third-order valence-electron chi connectivity index (χ3n) is 1.22. The van der Waals surface area contributed by atoms with Crippen molar-refractivity contribution < 1.29 is 4.79 Å². The Morgan fingerprint density at radius 1 is 1.67 bits per heavy atom. The van der Waals surface area contributed by atoms with Gasteiger partial charge in [-0.05, 0) is 23.7 Å². The zero-order valence-electron chi connectivity index (χ0n) is 5.91. The number of hydrogen-bond acceptors (Lipinski definition) is 4. The molecule has 0 saturated carbocycles. The summed E-state index contributed by atoms with van der Waals surface area (Å²) in [6.45, 7) is 0. The molecule has 60 valence electrons. The van der Waals surface area contributed by atoms with Crippen molar-refractivity contribution in [2.45, 2.75) is 0 Å². The number of carbonyl (C=O) groups is 1. The number of halogens is 1. The molecule has 0 aromatic carbocycles. The Morgan fingerprint density at radius 2 is 2.33 bits per heavy atom. The van der Waals surface area contributed by atoms with Crippen LogP contribution in [0.1, 0.15) is 16.1 Å². The van der Waals surface area contributed by atoms with Crippen molar-refractivity contribution in [1.29, 1.82) is 5.26 Å². The largest absolute Gasteiger partial charge is 0.384 e. The van der Waals surface area contributed by atoms with Crippen LogP contribution in [0.5, 0.6) is 0 Å². The van der Waals surface area contributed by atoms with Gasteiger partial charge in [0.2, 0.25) is 0 Å². The normalized spacial score (nSPS) is 9.00. The van der Waals surface area contributed by atoms with Gasteiger partial charge in [-0.1, -0.05) is 0 Å². The molecule has 1 aromatic heterocycles. The Balaban J connectivity index is 3.34. The van der Waals surface area contributed by atoms with Crippen LogP contribution in [0.2, 0.25) is 0 Å². The van der Waals surface area contributed by atoms with Gasteiger partial charge in [0, 0.05) is 0 Å². The molecule has 0 amide bonds. The highest BCUT2D eigenvalue weighted by molar-refractivity contribution is 6.67. The number of aromatic nitrogens is 1. The van der Waals surface area contributed by atoms with E-state index >= 15 is 0 Å². The van der Waals surface area contributed by atoms with Gasteiger partial charge in [0.25, 0.3) is 5.24 Å². The summed E-state index contributed by atoms with van der Waals surface area (Å²) >= 11 is 5.15. The molecule has 0 radical (unpaired) electrons. The maximum Gasteiger partial charge on any atom is 0.272 e. The van der Waals surface area contributed by atoms with Crippen molar-refractivity contribution in [3.8, 4) is 6.07 Å². The van der Waals surface area contributed by atoms with Gasteiger partial charge in [-0.2, -0.15) is 5.26 Å². The second-order valence-electron chi connectivity index (χ2n) is 2.02. The fourth-order valence-corrected chi connectivity index (χ4v) is 0.858. The number of nitrogens with zero attached hydrogens (tertiary/aromatic N) is 2. The van der Waals surface area contributed by atoms with E-state index in [-0.39, 0.29) is 17.1 Å². The standard InChI is InChI=1S/C7H4ClN3O/c8-7(12)6-4(3-9)1-2-5(10)11-6/h1-2H,(H2,10,11). The molecule has 0 spiro atoms. The highest BCUT2D eigenvalue weighted by Gasteiger charge is 2.10. The second kappa shape index (κ2) is 3.20. The molecule has 0 atom stereocenters. The molecular formula is C7H4ClN3O. The summed E-state index contributed by atoms with van der Waals surface area (Å²) in [5, 5.41) is 7.74. The van der Waals surface area contributed by atoms with Gasteiger partial charge in [-0.25, -0.2) is 4.98 Å². The Morgan fingerprint density at radius 3 is 2.83 bits per heavy atom. The fraction of sp³-hybridized carbons (Fsp3) is 0. The molecule has 4 nitrogen and oxygen atoms in total. The van der Waals surface area contributed by atoms with Gasteiger partial charge < -0.3 is 5.73 Å². The van der Waals surface area contributed by atoms with Gasteiger partial charge in [0.1, 0.15) is 17.6 Å². The molecule has 1 aromatic rings. The molecule has 0 aliphatic rings. The predicted molar refractivity (Wildman–Crippen MR) is 43.5 cm³/mol. The third kappa shape index (κ3) is 1.52. The van der Waals surface area contributed by atoms with E-state index in [4.69, 9.17) is 22.6 Å². The minimum atomic E-state index is -0.779. The Kier molecular flexibility index (Phi) is 2.26. The van der Waals surface area contributed by atoms with Gasteiger partial charge in [-0.3, -0.25) is 4.79 Å². The van der Waals surface area contributed by atoms with E-state index in [9.17, 15) is 4.79 Å². The number of pyridine rings is 1. The van der Waals surface area contributed by atoms with E-state index in [1.54, 1.807) is 6.07 Å². The first-order valence-corrected chi connectivity index (χ1v) is 3.39. The number of hydrogen-bond donors (Lipinski definition) is 1. The molecular weight excluding hydrogens is 178 g/mol. The zero-order chi connectivity index (χ0) is 9.14. The van der Waals surface area contributed by atoms with E-state index in [2.05, 4.69) is 4.98 Å². The first-order chi connectivity index (χ1) is 5.65. The van der Waals surface area contributed by atoms with Crippen molar-refractivity contribution in [3.63, 3.8) is 0 Å². The summed E-state index contributed by atoms with van der Waals surface area (Å²) in [6.07, 6.45) is 0. The number of nitrogens with two attached hydrogens (primary N) is 1. The Bertz CT molecular complexity index is 369. The molecule has 0 bridgehead atoms. The zero-order valence-corrected chi connectivity index (χ0v) is 6.67. The lowest BCUT2D eigenvalue weighted by Crippen LogP contribution is -2.01. The van der Waals surface area contributed by atoms with Crippen molar-refractivity contribution in [2.75, 3.05) is 5.73 Å². The highest BCUT2D eigenvalue weighted by Crippen LogP contribution is 2.10. The van der Waals surface area contributed by atoms with Crippen LogP contribution in [0.25, 0.3) is 0 Å². The topological polar surface area (TPSA) is 79.8 Å². The van der Waals surface area contributed by atoms with Crippen molar-refractivity contribution >= 4 is 22.7 Å². The van der Waals surface area contributed by atoms with Crippen LogP contribution in [0.3, 0.4) is 0 Å². The molecule has 12 heavy (non-hydrogen) atoms. The van der Waals surface area contributed by atoms with E-state index in [0.29, 0.717) is 0 Å². The SMILES string of the molecule is N#Cc1ccc(N)nc1C(=O)Cl. The quantitative estimate of drug-likeness (QED) is 0.654. The maximum atomic E-state index is 10.7. The molecule has 2 N–H and O–H groups in total. The van der Waals surface area contributed by atoms with E-state index in [1.165, 1.54) is 12.1 Å². The van der Waals surface area contributed by atoms with E-state index in [0.717, 1.165) is 0 Å². The first-order valence-electron chi connectivity index (χ1n) is 3.01. The molecule has 0 saturated heterocycles. The van der Waals surface area contributed by atoms with Crippen LogP contribution < -0.4 is 5.73 Å². The average molecular weight is 182 g/mol. The van der Waals surface area contributed by atoms with E-state index < -0.39 is 5.24 Å². The van der Waals surface area contributed by atoms with Gasteiger partial charge in [0.15, 0.2) is 0 Å². The number of nitrogen functional groups attached to an aromatic ring is 1. The fourth-order valence-electron chi connectivity index (χ4n) is 0.714. The van der Waals surface area contributed by atoms with Crippen molar-refractivity contribution in [1.82, 2.24) is 4.98 Å². The lowest BCUT2D eigenvalue weighted by atomic mass is 10.2. The molecule has 0 unspecified atom stereocenters. The predicted octanol–water partition coefficient (Wildman–Crippen LogP) is 0.914. The monoisotopic (exact) mass is 181 g/mol. The molecule has 0 aliphatic heterocycles. The summed E-state index contributed by atoms with van der Waals surface area (Å²) in [4.78, 5) is 14.3. The second-order valence-corrected chi connectivity index (χ2v) is 2.36. The van der Waals surface area contributed by atoms with Crippen molar-refractivity contribution in [2.24, 2.45) is 0 Å². The minimum Gasteiger partial charge on any atom is -0.384 e. The van der Waals surface area contributed by atoms with Crippen molar-refractivity contribution in [3.05, 3.63) is 23.4 Å². The average Bonchev–Trinajstić information content (AvgIpc) is 2.04. The summed E-state index contributed by atoms with van der Waals surface area (Å²) in [7, 11) is 0. The lowest BCUT2D eigenvalue weighted by Gasteiger charge is -1.97. The molecule has 1 heterocycles. The first kappa shape index (κ1) is 8.50. The summed E-state index contributed by atoms with van der Waals surface area (Å²) in [5.74, 6) is 0.165. The van der Waals surface area contributed by atoms with Crippen LogP contribution in [0.15, 0.2) is 12.1 Å². The third-order valence-corrected chi connectivity index (χ3v) is 1.40. The maximum absolute atomic E-state index is 10.7. The Labute approximate surface area is 73.6 Å².